The van der Waals surface area contributed by atoms with Crippen LogP contribution in [0.15, 0.2) is 33.3 Å². The van der Waals surface area contributed by atoms with E-state index in [9.17, 15) is 4.79 Å². The van der Waals surface area contributed by atoms with Crippen LogP contribution in [-0.2, 0) is 9.53 Å². The van der Waals surface area contributed by atoms with Crippen LogP contribution in [0, 0.1) is 0 Å². The SMILES string of the molecule is COC(=O)CC(C)c1nc(-c2cccc(Br)c2)no1. The van der Waals surface area contributed by atoms with Crippen LogP contribution in [0.2, 0.25) is 0 Å². The molecule has 0 spiro atoms. The molecule has 0 amide bonds. The first-order valence-electron chi connectivity index (χ1n) is 5.76. The molecule has 2 aromatic rings. The van der Waals surface area contributed by atoms with Crippen molar-refractivity contribution in [2.45, 2.75) is 19.3 Å². The minimum absolute atomic E-state index is 0.166. The van der Waals surface area contributed by atoms with E-state index >= 15 is 0 Å². The first-order valence-corrected chi connectivity index (χ1v) is 6.56. The first-order chi connectivity index (χ1) is 9.10. The molecule has 100 valence electrons. The summed E-state index contributed by atoms with van der Waals surface area (Å²) >= 11 is 3.39. The minimum atomic E-state index is -0.297. The maximum absolute atomic E-state index is 11.2. The van der Waals surface area contributed by atoms with Gasteiger partial charge in [-0.05, 0) is 12.1 Å². The maximum Gasteiger partial charge on any atom is 0.306 e. The number of ether oxygens (including phenoxy) is 1. The Hall–Kier alpha value is -1.69. The Kier molecular flexibility index (Phi) is 4.31. The number of rotatable bonds is 4. The summed E-state index contributed by atoms with van der Waals surface area (Å²) in [6, 6.07) is 7.61. The molecule has 0 saturated carbocycles. The quantitative estimate of drug-likeness (QED) is 0.808. The number of carbonyl (C=O) groups is 1. The van der Waals surface area contributed by atoms with E-state index in [1.54, 1.807) is 0 Å². The van der Waals surface area contributed by atoms with Crippen molar-refractivity contribution in [1.29, 1.82) is 0 Å². The van der Waals surface area contributed by atoms with Gasteiger partial charge in [-0.1, -0.05) is 40.1 Å². The molecule has 6 heteroatoms. The van der Waals surface area contributed by atoms with E-state index < -0.39 is 0 Å². The predicted molar refractivity (Wildman–Crippen MR) is 72.5 cm³/mol. The number of carbonyl (C=O) groups excluding carboxylic acids is 1. The third-order valence-electron chi connectivity index (χ3n) is 2.65. The third kappa shape index (κ3) is 3.41. The van der Waals surface area contributed by atoms with Gasteiger partial charge in [0.2, 0.25) is 11.7 Å². The van der Waals surface area contributed by atoms with Crippen LogP contribution < -0.4 is 0 Å². The highest BCUT2D eigenvalue weighted by Crippen LogP contribution is 2.23. The number of aromatic nitrogens is 2. The molecule has 1 aromatic heterocycles. The summed E-state index contributed by atoms with van der Waals surface area (Å²) in [5, 5.41) is 3.92. The standard InChI is InChI=1S/C13H13BrN2O3/c1-8(6-11(17)18-2)13-15-12(16-19-13)9-4-3-5-10(14)7-9/h3-5,7-8H,6H2,1-2H3. The average Bonchev–Trinajstić information content (AvgIpc) is 2.88. The van der Waals surface area contributed by atoms with E-state index in [1.165, 1.54) is 7.11 Å². The van der Waals surface area contributed by atoms with Crippen molar-refractivity contribution in [3.05, 3.63) is 34.6 Å². The Morgan fingerprint density at radius 2 is 2.32 bits per heavy atom. The molecular formula is C13H13BrN2O3. The zero-order valence-electron chi connectivity index (χ0n) is 10.6. The normalized spacial score (nSPS) is 12.2. The van der Waals surface area contributed by atoms with Gasteiger partial charge in [0.05, 0.1) is 13.5 Å². The fourth-order valence-corrected chi connectivity index (χ4v) is 2.00. The Labute approximate surface area is 119 Å². The summed E-state index contributed by atoms with van der Waals surface area (Å²) in [7, 11) is 1.36. The molecule has 0 fully saturated rings. The molecule has 19 heavy (non-hydrogen) atoms. The van der Waals surface area contributed by atoms with Crippen molar-refractivity contribution in [3.8, 4) is 11.4 Å². The lowest BCUT2D eigenvalue weighted by molar-refractivity contribution is -0.141. The number of hydrogen-bond acceptors (Lipinski definition) is 5. The molecule has 1 unspecified atom stereocenters. The fraction of sp³-hybridized carbons (Fsp3) is 0.308. The van der Waals surface area contributed by atoms with Crippen LogP contribution in [0.5, 0.6) is 0 Å². The molecule has 0 radical (unpaired) electrons. The van der Waals surface area contributed by atoms with Crippen molar-refractivity contribution in [2.24, 2.45) is 0 Å². The summed E-state index contributed by atoms with van der Waals surface area (Å²) in [5.41, 5.74) is 0.856. The van der Waals surface area contributed by atoms with Crippen molar-refractivity contribution < 1.29 is 14.1 Å². The predicted octanol–water partition coefficient (Wildman–Crippen LogP) is 3.17. The highest BCUT2D eigenvalue weighted by molar-refractivity contribution is 9.10. The van der Waals surface area contributed by atoms with Crippen molar-refractivity contribution >= 4 is 21.9 Å². The second-order valence-corrected chi connectivity index (χ2v) is 5.06. The number of hydrogen-bond donors (Lipinski definition) is 0. The Bertz CT molecular complexity index is 583. The maximum atomic E-state index is 11.2. The Morgan fingerprint density at radius 3 is 3.00 bits per heavy atom. The minimum Gasteiger partial charge on any atom is -0.469 e. The van der Waals surface area contributed by atoms with Gasteiger partial charge in [0.15, 0.2) is 0 Å². The van der Waals surface area contributed by atoms with E-state index in [0.717, 1.165) is 10.0 Å². The molecule has 0 aliphatic rings. The number of nitrogens with zero attached hydrogens (tertiary/aromatic N) is 2. The molecule has 0 N–H and O–H groups in total. The second-order valence-electron chi connectivity index (χ2n) is 4.15. The smallest absolute Gasteiger partial charge is 0.306 e. The topological polar surface area (TPSA) is 65.2 Å². The summed E-state index contributed by atoms with van der Waals surface area (Å²) < 4.78 is 10.7. The molecule has 0 aliphatic heterocycles. The highest BCUT2D eigenvalue weighted by atomic mass is 79.9. The van der Waals surface area contributed by atoms with Crippen molar-refractivity contribution in [3.63, 3.8) is 0 Å². The summed E-state index contributed by atoms with van der Waals surface area (Å²) in [4.78, 5) is 15.5. The monoisotopic (exact) mass is 324 g/mol. The molecule has 0 aliphatic carbocycles. The van der Waals surface area contributed by atoms with Gasteiger partial charge in [0.1, 0.15) is 0 Å². The van der Waals surface area contributed by atoms with Crippen molar-refractivity contribution in [2.75, 3.05) is 7.11 Å². The molecule has 1 atom stereocenters. The van der Waals surface area contributed by atoms with Gasteiger partial charge in [-0.3, -0.25) is 4.79 Å². The van der Waals surface area contributed by atoms with Crippen LogP contribution >= 0.6 is 15.9 Å². The largest absolute Gasteiger partial charge is 0.469 e. The van der Waals surface area contributed by atoms with Gasteiger partial charge in [-0.15, -0.1) is 0 Å². The van der Waals surface area contributed by atoms with E-state index in [1.807, 2.05) is 31.2 Å². The lowest BCUT2D eigenvalue weighted by Gasteiger charge is -2.03. The molecule has 0 bridgehead atoms. The fourth-order valence-electron chi connectivity index (χ4n) is 1.60. The van der Waals surface area contributed by atoms with Gasteiger partial charge >= 0.3 is 5.97 Å². The van der Waals surface area contributed by atoms with E-state index in [0.29, 0.717) is 11.7 Å². The van der Waals surface area contributed by atoms with Gasteiger partial charge in [0.25, 0.3) is 0 Å². The number of esters is 1. The first kappa shape index (κ1) is 13.7. The lowest BCUT2D eigenvalue weighted by atomic mass is 10.1. The zero-order valence-corrected chi connectivity index (χ0v) is 12.2. The van der Waals surface area contributed by atoms with E-state index in [-0.39, 0.29) is 18.3 Å². The summed E-state index contributed by atoms with van der Waals surface area (Å²) in [6.45, 7) is 1.84. The van der Waals surface area contributed by atoms with Gasteiger partial charge in [-0.25, -0.2) is 0 Å². The summed E-state index contributed by atoms with van der Waals surface area (Å²) in [6.07, 6.45) is 0.219. The molecule has 5 nitrogen and oxygen atoms in total. The number of benzene rings is 1. The number of methoxy groups -OCH3 is 1. The third-order valence-corrected chi connectivity index (χ3v) is 3.14. The van der Waals surface area contributed by atoms with Crippen LogP contribution in [0.3, 0.4) is 0 Å². The Morgan fingerprint density at radius 1 is 1.53 bits per heavy atom. The van der Waals surface area contributed by atoms with E-state index in [4.69, 9.17) is 4.52 Å². The second kappa shape index (κ2) is 5.97. The van der Waals surface area contributed by atoms with Crippen molar-refractivity contribution in [1.82, 2.24) is 10.1 Å². The van der Waals surface area contributed by atoms with Gasteiger partial charge in [-0.2, -0.15) is 4.98 Å². The number of halogens is 1. The van der Waals surface area contributed by atoms with Gasteiger partial charge < -0.3 is 9.26 Å². The average molecular weight is 325 g/mol. The van der Waals surface area contributed by atoms with Crippen LogP contribution in [0.4, 0.5) is 0 Å². The van der Waals surface area contributed by atoms with Gasteiger partial charge in [0, 0.05) is 16.0 Å². The lowest BCUT2D eigenvalue weighted by Crippen LogP contribution is -2.06. The summed E-state index contributed by atoms with van der Waals surface area (Å²) in [5.74, 6) is 0.476. The molecule has 0 saturated heterocycles. The highest BCUT2D eigenvalue weighted by Gasteiger charge is 2.18. The molecule has 1 aromatic carbocycles. The molecular weight excluding hydrogens is 312 g/mol. The van der Waals surface area contributed by atoms with Crippen LogP contribution in [0.1, 0.15) is 25.2 Å². The van der Waals surface area contributed by atoms with E-state index in [2.05, 4.69) is 30.8 Å². The molecule has 1 heterocycles. The van der Waals surface area contributed by atoms with Crippen LogP contribution in [0.25, 0.3) is 11.4 Å². The molecule has 2 rings (SSSR count). The van der Waals surface area contributed by atoms with Crippen LogP contribution in [-0.4, -0.2) is 23.2 Å². The zero-order chi connectivity index (χ0) is 13.8. The Balaban J connectivity index is 2.17.